The van der Waals surface area contributed by atoms with Gasteiger partial charge in [-0.05, 0) is 24.0 Å². The van der Waals surface area contributed by atoms with Crippen LogP contribution < -0.4 is 0 Å². The highest BCUT2D eigenvalue weighted by atomic mass is 32.2. The van der Waals surface area contributed by atoms with Crippen molar-refractivity contribution >= 4 is 22.7 Å². The first kappa shape index (κ1) is 21.4. The zero-order valence-electron chi connectivity index (χ0n) is 15.8. The standard InChI is InChI=1S/C19H29NO4S/c1-6-25(23)17-10-8-7-9-16(17)19(22)24-13-18(21)20(11-14(2)3)12-15(4)5/h7-10,14-15H,6,11-13H2,1-5H3/t25-/m1/s1. The number of esters is 1. The highest BCUT2D eigenvalue weighted by Crippen LogP contribution is 2.15. The maximum atomic E-state index is 12.4. The zero-order chi connectivity index (χ0) is 19.0. The van der Waals surface area contributed by atoms with Gasteiger partial charge in [-0.15, -0.1) is 0 Å². The molecule has 1 aromatic carbocycles. The number of carbonyl (C=O) groups is 2. The van der Waals surface area contributed by atoms with Crippen molar-refractivity contribution in [3.63, 3.8) is 0 Å². The molecule has 25 heavy (non-hydrogen) atoms. The van der Waals surface area contributed by atoms with E-state index in [-0.39, 0.29) is 18.1 Å². The summed E-state index contributed by atoms with van der Waals surface area (Å²) in [6.07, 6.45) is 0. The van der Waals surface area contributed by atoms with E-state index in [1.165, 1.54) is 0 Å². The minimum atomic E-state index is -1.26. The molecule has 0 aliphatic heterocycles. The molecular weight excluding hydrogens is 338 g/mol. The zero-order valence-corrected chi connectivity index (χ0v) is 16.6. The molecule has 0 saturated carbocycles. The molecule has 1 aromatic rings. The van der Waals surface area contributed by atoms with Gasteiger partial charge in [0.2, 0.25) is 0 Å². The Morgan fingerprint density at radius 3 is 2.16 bits per heavy atom. The summed E-state index contributed by atoms with van der Waals surface area (Å²) in [5.74, 6) is 0.279. The summed E-state index contributed by atoms with van der Waals surface area (Å²) in [6.45, 7) is 10.9. The van der Waals surface area contributed by atoms with Crippen molar-refractivity contribution in [1.82, 2.24) is 4.90 Å². The molecule has 0 heterocycles. The van der Waals surface area contributed by atoms with E-state index in [2.05, 4.69) is 0 Å². The maximum Gasteiger partial charge on any atom is 0.339 e. The fourth-order valence-electron chi connectivity index (χ4n) is 2.45. The summed E-state index contributed by atoms with van der Waals surface area (Å²) >= 11 is 0. The lowest BCUT2D eigenvalue weighted by atomic mass is 10.1. The topological polar surface area (TPSA) is 63.7 Å². The first-order valence-corrected chi connectivity index (χ1v) is 10.00. The molecule has 140 valence electrons. The van der Waals surface area contributed by atoms with Gasteiger partial charge in [0.1, 0.15) is 0 Å². The lowest BCUT2D eigenvalue weighted by Crippen LogP contribution is -2.39. The predicted molar refractivity (Wildman–Crippen MR) is 99.9 cm³/mol. The third-order valence-electron chi connectivity index (χ3n) is 3.46. The van der Waals surface area contributed by atoms with Gasteiger partial charge in [0.15, 0.2) is 6.61 Å². The van der Waals surface area contributed by atoms with Crippen LogP contribution in [0.1, 0.15) is 45.0 Å². The van der Waals surface area contributed by atoms with Gasteiger partial charge in [-0.25, -0.2) is 4.79 Å². The largest absolute Gasteiger partial charge is 0.452 e. The third kappa shape index (κ3) is 6.98. The first-order valence-electron chi connectivity index (χ1n) is 8.68. The lowest BCUT2D eigenvalue weighted by molar-refractivity contribution is -0.135. The van der Waals surface area contributed by atoms with E-state index in [0.29, 0.717) is 35.6 Å². The Labute approximate surface area is 153 Å². The molecule has 0 bridgehead atoms. The van der Waals surface area contributed by atoms with Gasteiger partial charge in [-0.3, -0.25) is 9.00 Å². The second-order valence-electron chi connectivity index (χ2n) is 6.79. The average molecular weight is 368 g/mol. The summed E-state index contributed by atoms with van der Waals surface area (Å²) in [7, 11) is -1.26. The van der Waals surface area contributed by atoms with Crippen LogP contribution in [0.15, 0.2) is 29.2 Å². The van der Waals surface area contributed by atoms with Crippen molar-refractivity contribution < 1.29 is 18.5 Å². The number of ether oxygens (including phenoxy) is 1. The van der Waals surface area contributed by atoms with Gasteiger partial charge >= 0.3 is 5.97 Å². The monoisotopic (exact) mass is 367 g/mol. The van der Waals surface area contributed by atoms with E-state index in [1.807, 2.05) is 27.7 Å². The molecule has 5 nitrogen and oxygen atoms in total. The van der Waals surface area contributed by atoms with Gasteiger partial charge in [-0.2, -0.15) is 0 Å². The summed E-state index contributed by atoms with van der Waals surface area (Å²) in [5.41, 5.74) is 0.259. The molecule has 0 fully saturated rings. The molecule has 1 rings (SSSR count). The molecule has 1 amide bonds. The van der Waals surface area contributed by atoms with Crippen molar-refractivity contribution in [2.75, 3.05) is 25.4 Å². The molecule has 0 aromatic heterocycles. The number of carbonyl (C=O) groups excluding carboxylic acids is 2. The number of nitrogens with zero attached hydrogens (tertiary/aromatic N) is 1. The van der Waals surface area contributed by atoms with E-state index in [1.54, 1.807) is 36.1 Å². The summed E-state index contributed by atoms with van der Waals surface area (Å²) in [5, 5.41) is 0. The van der Waals surface area contributed by atoms with E-state index in [0.717, 1.165) is 0 Å². The van der Waals surface area contributed by atoms with Crippen LogP contribution in [0.5, 0.6) is 0 Å². The number of amides is 1. The third-order valence-corrected chi connectivity index (χ3v) is 4.84. The van der Waals surface area contributed by atoms with Crippen LogP contribution in [0.2, 0.25) is 0 Å². The van der Waals surface area contributed by atoms with Crippen LogP contribution in [0.3, 0.4) is 0 Å². The molecule has 1 atom stereocenters. The molecule has 0 spiro atoms. The predicted octanol–water partition coefficient (Wildman–Crippen LogP) is 3.11. The fraction of sp³-hybridized carbons (Fsp3) is 0.579. The molecule has 0 aliphatic rings. The number of rotatable bonds is 9. The summed E-state index contributed by atoms with van der Waals surface area (Å²) in [4.78, 5) is 26.9. The Morgan fingerprint density at radius 2 is 1.64 bits per heavy atom. The van der Waals surface area contributed by atoms with Gasteiger partial charge in [0.25, 0.3) is 5.91 Å². The van der Waals surface area contributed by atoms with Gasteiger partial charge in [0, 0.05) is 18.8 Å². The van der Waals surface area contributed by atoms with Crippen molar-refractivity contribution in [2.45, 2.75) is 39.5 Å². The van der Waals surface area contributed by atoms with Crippen molar-refractivity contribution in [3.8, 4) is 0 Å². The maximum absolute atomic E-state index is 12.4. The molecule has 0 N–H and O–H groups in total. The van der Waals surface area contributed by atoms with Gasteiger partial charge in [-0.1, -0.05) is 46.8 Å². The Morgan fingerprint density at radius 1 is 1.08 bits per heavy atom. The van der Waals surface area contributed by atoms with E-state index in [9.17, 15) is 13.8 Å². The highest BCUT2D eigenvalue weighted by Gasteiger charge is 2.20. The second-order valence-corrected chi connectivity index (χ2v) is 8.50. The summed E-state index contributed by atoms with van der Waals surface area (Å²) < 4.78 is 17.3. The number of hydrogen-bond donors (Lipinski definition) is 0. The SMILES string of the molecule is CC[S@@](=O)c1ccccc1C(=O)OCC(=O)N(CC(C)C)CC(C)C. The van der Waals surface area contributed by atoms with Crippen LogP contribution in [-0.4, -0.2) is 46.4 Å². The Balaban J connectivity index is 2.78. The van der Waals surface area contributed by atoms with E-state index < -0.39 is 16.8 Å². The molecular formula is C19H29NO4S. The van der Waals surface area contributed by atoms with E-state index in [4.69, 9.17) is 4.74 Å². The molecule has 6 heteroatoms. The smallest absolute Gasteiger partial charge is 0.339 e. The Kier molecular flexibility index (Phi) is 8.83. The molecule has 0 aliphatic carbocycles. The Hall–Kier alpha value is -1.69. The minimum Gasteiger partial charge on any atom is -0.452 e. The fourth-order valence-corrected chi connectivity index (χ4v) is 3.38. The summed E-state index contributed by atoms with van der Waals surface area (Å²) in [6, 6.07) is 6.66. The average Bonchev–Trinajstić information content (AvgIpc) is 2.57. The second kappa shape index (κ2) is 10.3. The quantitative estimate of drug-likeness (QED) is 0.629. The normalized spacial score (nSPS) is 12.3. The van der Waals surface area contributed by atoms with Crippen LogP contribution in [-0.2, 0) is 20.3 Å². The van der Waals surface area contributed by atoms with Gasteiger partial charge in [0.05, 0.1) is 21.3 Å². The van der Waals surface area contributed by atoms with Crippen LogP contribution in [0.4, 0.5) is 0 Å². The van der Waals surface area contributed by atoms with Crippen LogP contribution in [0, 0.1) is 11.8 Å². The van der Waals surface area contributed by atoms with Gasteiger partial charge < -0.3 is 9.64 Å². The van der Waals surface area contributed by atoms with Crippen LogP contribution >= 0.6 is 0 Å². The number of benzene rings is 1. The Bertz CT molecular complexity index is 603. The lowest BCUT2D eigenvalue weighted by Gasteiger charge is -2.26. The molecule has 0 saturated heterocycles. The van der Waals surface area contributed by atoms with Crippen LogP contribution in [0.25, 0.3) is 0 Å². The van der Waals surface area contributed by atoms with E-state index >= 15 is 0 Å². The highest BCUT2D eigenvalue weighted by molar-refractivity contribution is 7.85. The first-order chi connectivity index (χ1) is 11.8. The molecule has 0 unspecified atom stereocenters. The number of hydrogen-bond acceptors (Lipinski definition) is 4. The van der Waals surface area contributed by atoms with Crippen molar-refractivity contribution in [2.24, 2.45) is 11.8 Å². The van der Waals surface area contributed by atoms with Crippen molar-refractivity contribution in [1.29, 1.82) is 0 Å². The van der Waals surface area contributed by atoms with Crippen molar-refractivity contribution in [3.05, 3.63) is 29.8 Å². The molecule has 0 radical (unpaired) electrons. The minimum absolute atomic E-state index is 0.204.